The lowest BCUT2D eigenvalue weighted by Gasteiger charge is -2.05. The molecule has 0 aliphatic carbocycles. The topological polar surface area (TPSA) is 0 Å². The Morgan fingerprint density at radius 2 is 1.71 bits per heavy atom. The average molecular weight is 269 g/mol. The van der Waals surface area contributed by atoms with Crippen molar-refractivity contribution in [2.24, 2.45) is 0 Å². The van der Waals surface area contributed by atoms with Crippen molar-refractivity contribution >= 4 is 55.1 Å². The Bertz CT molecular complexity index is 83.4. The highest BCUT2D eigenvalue weighted by molar-refractivity contribution is 9.14. The first-order valence-corrected chi connectivity index (χ1v) is 3.70. The van der Waals surface area contributed by atoms with Gasteiger partial charge in [-0.05, 0) is 15.9 Å². The molecule has 7 heavy (non-hydrogen) atoms. The highest BCUT2D eigenvalue weighted by Crippen LogP contribution is 2.38. The van der Waals surface area contributed by atoms with E-state index in [-0.39, 0.29) is 0 Å². The van der Waals surface area contributed by atoms with Crippen LogP contribution in [-0.2, 0) is 0 Å². The molecule has 0 N–H and O–H groups in total. The monoisotopic (exact) mass is 266 g/mol. The predicted molar refractivity (Wildman–Crippen MR) is 41.4 cm³/mol. The van der Waals surface area contributed by atoms with Crippen molar-refractivity contribution in [3.63, 3.8) is 0 Å². The van der Waals surface area contributed by atoms with E-state index in [0.29, 0.717) is 4.48 Å². The molecule has 42 valence electrons. The molecule has 0 saturated carbocycles. The van der Waals surface area contributed by atoms with Gasteiger partial charge in [0.1, 0.15) is 0 Å². The van der Waals surface area contributed by atoms with Gasteiger partial charge in [0.15, 0.2) is 0 Å². The Morgan fingerprint density at radius 1 is 1.57 bits per heavy atom. The Balaban J connectivity index is 3.79. The van der Waals surface area contributed by atoms with Crippen molar-refractivity contribution in [1.29, 1.82) is 0 Å². The fourth-order valence-electron chi connectivity index (χ4n) is 0. The minimum Gasteiger partial charge on any atom is -0.0849 e. The minimum atomic E-state index is -1.02. The van der Waals surface area contributed by atoms with Gasteiger partial charge >= 0.3 is 0 Å². The zero-order valence-electron chi connectivity index (χ0n) is 3.22. The van der Waals surface area contributed by atoms with Crippen LogP contribution in [0.25, 0.3) is 0 Å². The Labute approximate surface area is 69.1 Å². The van der Waals surface area contributed by atoms with Gasteiger partial charge in [-0.2, -0.15) is 0 Å². The summed E-state index contributed by atoms with van der Waals surface area (Å²) in [6.45, 7) is 3.43. The molecule has 0 aromatic heterocycles. The first-order chi connectivity index (χ1) is 2.94. The summed E-state index contributed by atoms with van der Waals surface area (Å²) in [6, 6.07) is 0. The number of alkyl halides is 3. The normalized spacial score (nSPS) is 11.4. The fourth-order valence-corrected chi connectivity index (χ4v) is 0. The maximum absolute atomic E-state index is 5.40. The lowest BCUT2D eigenvalue weighted by Crippen LogP contribution is -1.97. The highest BCUT2D eigenvalue weighted by Gasteiger charge is 2.20. The molecule has 0 heterocycles. The van der Waals surface area contributed by atoms with E-state index in [0.717, 1.165) is 0 Å². The second-order valence-corrected chi connectivity index (χ2v) is 5.29. The van der Waals surface area contributed by atoms with E-state index in [4.69, 9.17) is 23.2 Å². The van der Waals surface area contributed by atoms with Crippen LogP contribution in [0.2, 0.25) is 0 Å². The van der Waals surface area contributed by atoms with Crippen molar-refractivity contribution in [1.82, 2.24) is 0 Å². The lowest BCUT2D eigenvalue weighted by molar-refractivity contribution is 1.52. The molecular weight excluding hydrogens is 267 g/mol. The van der Waals surface area contributed by atoms with Crippen LogP contribution in [-0.4, -0.2) is 3.24 Å². The van der Waals surface area contributed by atoms with Crippen molar-refractivity contribution < 1.29 is 0 Å². The molecule has 0 amide bonds. The Morgan fingerprint density at radius 3 is 1.71 bits per heavy atom. The van der Waals surface area contributed by atoms with Crippen LogP contribution in [0.4, 0.5) is 0 Å². The number of rotatable bonds is 1. The SMILES string of the molecule is C=C(Br)C(Cl)(Cl)Br. The Hall–Kier alpha value is 1.28. The van der Waals surface area contributed by atoms with Crippen molar-refractivity contribution in [2.75, 3.05) is 0 Å². The average Bonchev–Trinajstić information content (AvgIpc) is 1.31. The van der Waals surface area contributed by atoms with Crippen LogP contribution in [0, 0.1) is 0 Å². The quantitative estimate of drug-likeness (QED) is 0.639. The summed E-state index contributed by atoms with van der Waals surface area (Å²) in [5, 5.41) is 0. The second kappa shape index (κ2) is 2.72. The maximum atomic E-state index is 5.40. The molecule has 0 rings (SSSR count). The highest BCUT2D eigenvalue weighted by atomic mass is 79.9. The summed E-state index contributed by atoms with van der Waals surface area (Å²) in [5.74, 6) is 0. The third-order valence-corrected chi connectivity index (χ3v) is 2.83. The third kappa shape index (κ3) is 3.83. The molecule has 0 spiro atoms. The van der Waals surface area contributed by atoms with Crippen LogP contribution < -0.4 is 0 Å². The molecule has 0 fully saturated rings. The van der Waals surface area contributed by atoms with Crippen LogP contribution >= 0.6 is 55.1 Å². The van der Waals surface area contributed by atoms with E-state index in [9.17, 15) is 0 Å². The molecular formula is C3H2Br2Cl2. The van der Waals surface area contributed by atoms with E-state index >= 15 is 0 Å². The van der Waals surface area contributed by atoms with Gasteiger partial charge in [0.05, 0.1) is 0 Å². The third-order valence-electron chi connectivity index (χ3n) is 0.308. The van der Waals surface area contributed by atoms with E-state index < -0.39 is 3.24 Å². The molecule has 0 atom stereocenters. The minimum absolute atomic E-state index is 0.503. The molecule has 0 aliphatic heterocycles. The summed E-state index contributed by atoms with van der Waals surface area (Å²) in [4.78, 5) is 0. The lowest BCUT2D eigenvalue weighted by atomic mass is 10.7. The molecule has 0 nitrogen and oxygen atoms in total. The maximum Gasteiger partial charge on any atom is 0.202 e. The fraction of sp³-hybridized carbons (Fsp3) is 0.333. The second-order valence-electron chi connectivity index (χ2n) is 0.903. The van der Waals surface area contributed by atoms with Gasteiger partial charge in [0.25, 0.3) is 0 Å². The molecule has 0 aliphatic rings. The van der Waals surface area contributed by atoms with Gasteiger partial charge in [-0.1, -0.05) is 45.7 Å². The van der Waals surface area contributed by atoms with Crippen molar-refractivity contribution in [3.05, 3.63) is 11.1 Å². The van der Waals surface area contributed by atoms with E-state index in [1.807, 2.05) is 0 Å². The summed E-state index contributed by atoms with van der Waals surface area (Å²) in [5.41, 5.74) is 0. The van der Waals surface area contributed by atoms with Gasteiger partial charge in [-0.3, -0.25) is 0 Å². The molecule has 0 aromatic carbocycles. The standard InChI is InChI=1S/C3H2Br2Cl2/c1-2(4)3(5,6)7/h1H2. The van der Waals surface area contributed by atoms with Crippen LogP contribution in [0.1, 0.15) is 0 Å². The number of allylic oxidation sites excluding steroid dienone is 1. The van der Waals surface area contributed by atoms with Gasteiger partial charge in [-0.15, -0.1) is 0 Å². The van der Waals surface area contributed by atoms with Crippen LogP contribution in [0.3, 0.4) is 0 Å². The zero-order valence-corrected chi connectivity index (χ0v) is 7.90. The molecule has 0 aromatic rings. The van der Waals surface area contributed by atoms with Gasteiger partial charge in [0, 0.05) is 4.48 Å². The largest absolute Gasteiger partial charge is 0.202 e. The first-order valence-electron chi connectivity index (χ1n) is 1.36. The molecule has 0 bridgehead atoms. The molecule has 4 heteroatoms. The van der Waals surface area contributed by atoms with E-state index in [1.54, 1.807) is 0 Å². The summed E-state index contributed by atoms with van der Waals surface area (Å²) in [7, 11) is 0. The van der Waals surface area contributed by atoms with Crippen LogP contribution in [0.15, 0.2) is 11.1 Å². The smallest absolute Gasteiger partial charge is 0.0849 e. The molecule has 0 unspecified atom stereocenters. The van der Waals surface area contributed by atoms with Gasteiger partial charge < -0.3 is 0 Å². The van der Waals surface area contributed by atoms with Crippen molar-refractivity contribution in [3.8, 4) is 0 Å². The molecule has 0 radical (unpaired) electrons. The number of hydrogen-bond donors (Lipinski definition) is 0. The molecule has 0 saturated heterocycles. The summed E-state index contributed by atoms with van der Waals surface area (Å²) < 4.78 is -0.518. The number of halogens is 4. The first kappa shape index (κ1) is 8.28. The Kier molecular flexibility index (Phi) is 3.21. The number of hydrogen-bond acceptors (Lipinski definition) is 0. The van der Waals surface area contributed by atoms with Gasteiger partial charge in [0.2, 0.25) is 3.24 Å². The summed E-state index contributed by atoms with van der Waals surface area (Å²) >= 11 is 16.7. The van der Waals surface area contributed by atoms with E-state index in [1.165, 1.54) is 0 Å². The van der Waals surface area contributed by atoms with E-state index in [2.05, 4.69) is 38.4 Å². The van der Waals surface area contributed by atoms with Crippen molar-refractivity contribution in [2.45, 2.75) is 3.24 Å². The predicted octanol–water partition coefficient (Wildman–Crippen LogP) is 3.42. The van der Waals surface area contributed by atoms with Gasteiger partial charge in [-0.25, -0.2) is 0 Å². The van der Waals surface area contributed by atoms with Crippen LogP contribution in [0.5, 0.6) is 0 Å². The zero-order chi connectivity index (χ0) is 6.08. The summed E-state index contributed by atoms with van der Waals surface area (Å²) in [6.07, 6.45) is 0.